The van der Waals surface area contributed by atoms with Gasteiger partial charge in [-0.1, -0.05) is 0 Å². The summed E-state index contributed by atoms with van der Waals surface area (Å²) in [5, 5.41) is 1.13. The molecule has 20 heavy (non-hydrogen) atoms. The molecule has 0 bridgehead atoms. The highest BCUT2D eigenvalue weighted by atomic mass is 32.1. The van der Waals surface area contributed by atoms with Gasteiger partial charge in [0.25, 0.3) is 0 Å². The molecule has 0 amide bonds. The molecule has 1 atom stereocenters. The molecule has 0 saturated carbocycles. The molecule has 0 aliphatic carbocycles. The van der Waals surface area contributed by atoms with Crippen molar-refractivity contribution in [3.63, 3.8) is 0 Å². The van der Waals surface area contributed by atoms with Crippen LogP contribution in [0.5, 0.6) is 0 Å². The minimum absolute atomic E-state index is 0.487. The number of aromatic nitrogens is 2. The number of hydrogen-bond donors (Lipinski definition) is 2. The largest absolute Gasteiger partial charge is 0.353 e. The molecule has 2 aromatic heterocycles. The van der Waals surface area contributed by atoms with Gasteiger partial charge < -0.3 is 9.80 Å². The lowest BCUT2D eigenvalue weighted by Gasteiger charge is -2.38. The highest BCUT2D eigenvalue weighted by molar-refractivity contribution is 7.18. The Bertz CT molecular complexity index is 625. The number of hydrogen-bond acceptors (Lipinski definition) is 7. The smallest absolute Gasteiger partial charge is 0.240 e. The number of piperazine rings is 1. The third-order valence-corrected chi connectivity index (χ3v) is 4.83. The lowest BCUT2D eigenvalue weighted by molar-refractivity contribution is 0.233. The number of fused-ring (bicyclic) bond motifs is 1. The second-order valence-corrected chi connectivity index (χ2v) is 6.60. The lowest BCUT2D eigenvalue weighted by Crippen LogP contribution is -2.50. The van der Waals surface area contributed by atoms with Crippen molar-refractivity contribution in [1.82, 2.24) is 14.9 Å². The predicted molar refractivity (Wildman–Crippen MR) is 84.3 cm³/mol. The summed E-state index contributed by atoms with van der Waals surface area (Å²) in [7, 11) is 2.17. The minimum atomic E-state index is 0.487. The van der Waals surface area contributed by atoms with E-state index in [2.05, 4.69) is 52.2 Å². The normalized spacial score (nSPS) is 20.6. The van der Waals surface area contributed by atoms with Gasteiger partial charge in [-0.2, -0.15) is 4.98 Å². The van der Waals surface area contributed by atoms with Crippen LogP contribution in [0.3, 0.4) is 0 Å². The molecule has 1 fully saturated rings. The third kappa shape index (κ3) is 2.32. The van der Waals surface area contributed by atoms with Gasteiger partial charge in [-0.15, -0.1) is 11.3 Å². The summed E-state index contributed by atoms with van der Waals surface area (Å²) < 4.78 is 0. The van der Waals surface area contributed by atoms with Gasteiger partial charge in [0.1, 0.15) is 10.6 Å². The maximum atomic E-state index is 5.50. The van der Waals surface area contributed by atoms with Crippen molar-refractivity contribution in [3.8, 4) is 0 Å². The Balaban J connectivity index is 2.05. The van der Waals surface area contributed by atoms with Crippen molar-refractivity contribution >= 4 is 33.3 Å². The van der Waals surface area contributed by atoms with Crippen LogP contribution >= 0.6 is 11.3 Å². The van der Waals surface area contributed by atoms with E-state index < -0.39 is 0 Å². The molecule has 3 N–H and O–H groups in total. The second kappa shape index (κ2) is 5.16. The number of thiophene rings is 1. The van der Waals surface area contributed by atoms with Crippen LogP contribution < -0.4 is 16.2 Å². The summed E-state index contributed by atoms with van der Waals surface area (Å²) in [4.78, 5) is 16.0. The average molecular weight is 292 g/mol. The first-order chi connectivity index (χ1) is 9.58. The number of nitrogen functional groups attached to an aromatic ring is 1. The second-order valence-electron chi connectivity index (χ2n) is 5.37. The molecule has 0 radical (unpaired) electrons. The predicted octanol–water partition coefficient (Wildman–Crippen LogP) is 1.43. The highest BCUT2D eigenvalue weighted by Crippen LogP contribution is 2.32. The van der Waals surface area contributed by atoms with Gasteiger partial charge in [0, 0.05) is 30.6 Å². The van der Waals surface area contributed by atoms with Gasteiger partial charge in [0.05, 0.1) is 5.39 Å². The molecule has 1 aliphatic heterocycles. The summed E-state index contributed by atoms with van der Waals surface area (Å²) in [6.45, 7) is 7.33. The van der Waals surface area contributed by atoms with E-state index >= 15 is 0 Å². The number of nitrogens with zero attached hydrogens (tertiary/aromatic N) is 4. The molecule has 1 saturated heterocycles. The number of rotatable bonds is 2. The molecule has 3 rings (SSSR count). The fourth-order valence-corrected chi connectivity index (χ4v) is 3.45. The van der Waals surface area contributed by atoms with E-state index in [4.69, 9.17) is 5.84 Å². The Morgan fingerprint density at radius 3 is 2.90 bits per heavy atom. The van der Waals surface area contributed by atoms with Crippen LogP contribution in [0.15, 0.2) is 6.07 Å². The van der Waals surface area contributed by atoms with Crippen molar-refractivity contribution in [1.29, 1.82) is 0 Å². The molecule has 108 valence electrons. The molecular formula is C13H20N6S. The maximum Gasteiger partial charge on any atom is 0.240 e. The van der Waals surface area contributed by atoms with E-state index in [1.54, 1.807) is 11.3 Å². The van der Waals surface area contributed by atoms with Gasteiger partial charge in [-0.3, -0.25) is 5.43 Å². The van der Waals surface area contributed by atoms with Gasteiger partial charge >= 0.3 is 0 Å². The number of nitrogens with two attached hydrogens (primary N) is 1. The van der Waals surface area contributed by atoms with Crippen LogP contribution in [-0.2, 0) is 0 Å². The van der Waals surface area contributed by atoms with Gasteiger partial charge in [0.2, 0.25) is 5.95 Å². The van der Waals surface area contributed by atoms with Crippen molar-refractivity contribution < 1.29 is 0 Å². The Kier molecular flexibility index (Phi) is 3.49. The molecule has 1 unspecified atom stereocenters. The number of likely N-dealkylation sites (N-methyl/N-ethyl adjacent to an activating group) is 1. The van der Waals surface area contributed by atoms with Crippen molar-refractivity contribution in [2.45, 2.75) is 19.9 Å². The van der Waals surface area contributed by atoms with E-state index in [1.807, 2.05) is 0 Å². The van der Waals surface area contributed by atoms with Crippen molar-refractivity contribution in [2.24, 2.45) is 5.84 Å². The van der Waals surface area contributed by atoms with Gasteiger partial charge in [-0.25, -0.2) is 10.8 Å². The topological polar surface area (TPSA) is 70.3 Å². The fraction of sp³-hybridized carbons (Fsp3) is 0.538. The average Bonchev–Trinajstić information content (AvgIpc) is 2.80. The van der Waals surface area contributed by atoms with Gasteiger partial charge in [0.15, 0.2) is 0 Å². The first kappa shape index (κ1) is 13.5. The zero-order chi connectivity index (χ0) is 14.3. The Morgan fingerprint density at radius 1 is 1.40 bits per heavy atom. The minimum Gasteiger partial charge on any atom is -0.353 e. The number of anilines is 2. The van der Waals surface area contributed by atoms with Crippen LogP contribution in [0.2, 0.25) is 0 Å². The molecule has 6 nitrogen and oxygen atoms in total. The van der Waals surface area contributed by atoms with Crippen molar-refractivity contribution in [2.75, 3.05) is 37.0 Å². The molecule has 0 spiro atoms. The SMILES string of the molecule is Cc1cc2c(N3CCN(C)C(C)C3)nc(NN)nc2s1. The number of aryl methyl sites for hydroxylation is 1. The molecule has 2 aromatic rings. The number of nitrogens with one attached hydrogen (secondary N) is 1. The molecule has 0 aromatic carbocycles. The van der Waals surface area contributed by atoms with Crippen LogP contribution in [0, 0.1) is 6.92 Å². The Morgan fingerprint density at radius 2 is 2.20 bits per heavy atom. The van der Waals surface area contributed by atoms with E-state index in [0.717, 1.165) is 35.7 Å². The standard InChI is InChI=1S/C13H20N6S/c1-8-7-19(5-4-18(8)3)11-10-6-9(2)20-12(10)16-13(15-11)17-14/h6,8H,4-5,7,14H2,1-3H3,(H,15,16,17). The van der Waals surface area contributed by atoms with Crippen LogP contribution in [0.4, 0.5) is 11.8 Å². The van der Waals surface area contributed by atoms with Crippen LogP contribution in [0.25, 0.3) is 10.2 Å². The zero-order valence-electron chi connectivity index (χ0n) is 12.1. The molecule has 3 heterocycles. The van der Waals surface area contributed by atoms with Crippen molar-refractivity contribution in [3.05, 3.63) is 10.9 Å². The quantitative estimate of drug-likeness (QED) is 0.644. The summed E-state index contributed by atoms with van der Waals surface area (Å²) in [5.41, 5.74) is 2.58. The summed E-state index contributed by atoms with van der Waals surface area (Å²) in [5.74, 6) is 6.98. The lowest BCUT2D eigenvalue weighted by atomic mass is 10.2. The maximum absolute atomic E-state index is 5.50. The van der Waals surface area contributed by atoms with E-state index in [1.165, 1.54) is 4.88 Å². The van der Waals surface area contributed by atoms with E-state index in [-0.39, 0.29) is 0 Å². The van der Waals surface area contributed by atoms with Crippen LogP contribution in [-0.4, -0.2) is 47.6 Å². The highest BCUT2D eigenvalue weighted by Gasteiger charge is 2.24. The van der Waals surface area contributed by atoms with E-state index in [9.17, 15) is 0 Å². The summed E-state index contributed by atoms with van der Waals surface area (Å²) in [6, 6.07) is 2.68. The van der Waals surface area contributed by atoms with Gasteiger partial charge in [-0.05, 0) is 27.0 Å². The Labute approximate surface area is 122 Å². The molecule has 7 heteroatoms. The zero-order valence-corrected chi connectivity index (χ0v) is 12.9. The first-order valence-electron chi connectivity index (χ1n) is 6.78. The number of hydrazine groups is 1. The molecular weight excluding hydrogens is 272 g/mol. The fourth-order valence-electron chi connectivity index (χ4n) is 2.57. The third-order valence-electron chi connectivity index (χ3n) is 3.88. The monoisotopic (exact) mass is 292 g/mol. The first-order valence-corrected chi connectivity index (χ1v) is 7.60. The summed E-state index contributed by atoms with van der Waals surface area (Å²) in [6.07, 6.45) is 0. The van der Waals surface area contributed by atoms with E-state index in [0.29, 0.717) is 12.0 Å². The van der Waals surface area contributed by atoms with Crippen LogP contribution in [0.1, 0.15) is 11.8 Å². The summed E-state index contributed by atoms with van der Waals surface area (Å²) >= 11 is 1.68. The Hall–Kier alpha value is -1.44. The molecule has 1 aliphatic rings.